The molecule has 148 valence electrons. The van der Waals surface area contributed by atoms with E-state index in [4.69, 9.17) is 4.74 Å². The van der Waals surface area contributed by atoms with Gasteiger partial charge in [-0.15, -0.1) is 0 Å². The summed E-state index contributed by atoms with van der Waals surface area (Å²) in [7, 11) is 0. The Labute approximate surface area is 152 Å². The van der Waals surface area contributed by atoms with E-state index in [0.29, 0.717) is 18.7 Å². The third-order valence-corrected chi connectivity index (χ3v) is 4.71. The molecule has 1 aromatic heterocycles. The summed E-state index contributed by atoms with van der Waals surface area (Å²) >= 11 is 0. The van der Waals surface area contributed by atoms with Gasteiger partial charge in [0.05, 0.1) is 13.2 Å². The Bertz CT molecular complexity index is 712. The average molecular weight is 389 g/mol. The van der Waals surface area contributed by atoms with Crippen LogP contribution in [0.1, 0.15) is 5.56 Å². The standard InChI is InChI=1S/C16H18F3N3O5/c17-16(18,19)9-27-12-2-1-10(3-20-12)4-21-14(25)22-5-11-6-26-8-15(11,7-22)13(23)24/h1-3,11H,4-9H2,(H,21,25)(H,23,24)/t11-,15-/m1/s1. The van der Waals surface area contributed by atoms with Gasteiger partial charge in [0.2, 0.25) is 5.88 Å². The first-order valence-corrected chi connectivity index (χ1v) is 8.18. The molecule has 3 rings (SSSR count). The molecular formula is C16H18F3N3O5. The van der Waals surface area contributed by atoms with Crippen molar-refractivity contribution in [1.82, 2.24) is 15.2 Å². The topological polar surface area (TPSA) is 101 Å². The van der Waals surface area contributed by atoms with E-state index in [9.17, 15) is 27.9 Å². The largest absolute Gasteiger partial charge is 0.481 e. The lowest BCUT2D eigenvalue weighted by Crippen LogP contribution is -2.42. The fourth-order valence-corrected chi connectivity index (χ4v) is 3.24. The number of halogens is 3. The first kappa shape index (κ1) is 19.2. The molecule has 0 saturated carbocycles. The van der Waals surface area contributed by atoms with E-state index in [-0.39, 0.29) is 31.5 Å². The highest BCUT2D eigenvalue weighted by Gasteiger charge is 2.57. The van der Waals surface area contributed by atoms with Gasteiger partial charge < -0.3 is 24.8 Å². The van der Waals surface area contributed by atoms with Crippen molar-refractivity contribution < 1.29 is 37.3 Å². The molecule has 0 unspecified atom stereocenters. The molecule has 0 aliphatic carbocycles. The monoisotopic (exact) mass is 389 g/mol. The van der Waals surface area contributed by atoms with Crippen LogP contribution >= 0.6 is 0 Å². The highest BCUT2D eigenvalue weighted by Crippen LogP contribution is 2.41. The van der Waals surface area contributed by atoms with E-state index < -0.39 is 30.2 Å². The van der Waals surface area contributed by atoms with Crippen molar-refractivity contribution in [3.63, 3.8) is 0 Å². The van der Waals surface area contributed by atoms with Gasteiger partial charge in [-0.1, -0.05) is 6.07 Å². The number of nitrogens with zero attached hydrogens (tertiary/aromatic N) is 2. The number of amides is 2. The number of carboxylic acids is 1. The molecule has 2 aliphatic heterocycles. The number of likely N-dealkylation sites (tertiary alicyclic amines) is 1. The number of ether oxygens (including phenoxy) is 2. The molecule has 27 heavy (non-hydrogen) atoms. The van der Waals surface area contributed by atoms with E-state index in [1.54, 1.807) is 0 Å². The summed E-state index contributed by atoms with van der Waals surface area (Å²) < 4.78 is 46.0. The zero-order valence-corrected chi connectivity index (χ0v) is 14.2. The first-order valence-electron chi connectivity index (χ1n) is 8.18. The number of aliphatic carboxylic acids is 1. The summed E-state index contributed by atoms with van der Waals surface area (Å²) in [6, 6.07) is 2.36. The first-order chi connectivity index (χ1) is 12.7. The third kappa shape index (κ3) is 4.24. The van der Waals surface area contributed by atoms with Gasteiger partial charge in [0.25, 0.3) is 0 Å². The number of rotatable bonds is 5. The Morgan fingerprint density at radius 3 is 2.81 bits per heavy atom. The van der Waals surface area contributed by atoms with Crippen molar-refractivity contribution in [2.45, 2.75) is 12.7 Å². The molecule has 2 fully saturated rings. The predicted molar refractivity (Wildman–Crippen MR) is 84.0 cm³/mol. The number of urea groups is 1. The molecule has 8 nitrogen and oxygen atoms in total. The molecule has 2 aliphatic rings. The Morgan fingerprint density at radius 1 is 1.44 bits per heavy atom. The van der Waals surface area contributed by atoms with Crippen LogP contribution in [-0.2, 0) is 16.1 Å². The molecule has 2 atom stereocenters. The molecule has 0 aromatic carbocycles. The van der Waals surface area contributed by atoms with Crippen LogP contribution in [0, 0.1) is 11.3 Å². The van der Waals surface area contributed by atoms with Crippen LogP contribution in [0.4, 0.5) is 18.0 Å². The normalized spacial score (nSPS) is 24.6. The number of hydrogen-bond acceptors (Lipinski definition) is 5. The third-order valence-electron chi connectivity index (χ3n) is 4.71. The van der Waals surface area contributed by atoms with Crippen LogP contribution in [0.5, 0.6) is 5.88 Å². The number of carbonyl (C=O) groups excluding carboxylic acids is 1. The molecule has 11 heteroatoms. The summed E-state index contributed by atoms with van der Waals surface area (Å²) in [5.74, 6) is -1.38. The highest BCUT2D eigenvalue weighted by molar-refractivity contribution is 5.80. The number of alkyl halides is 3. The molecule has 3 heterocycles. The van der Waals surface area contributed by atoms with Gasteiger partial charge in [0.15, 0.2) is 6.61 Å². The van der Waals surface area contributed by atoms with Gasteiger partial charge in [0.1, 0.15) is 5.41 Å². The lowest BCUT2D eigenvalue weighted by molar-refractivity contribution is -0.154. The van der Waals surface area contributed by atoms with E-state index in [1.165, 1.54) is 23.2 Å². The summed E-state index contributed by atoms with van der Waals surface area (Å²) in [6.45, 7) is -0.578. The summed E-state index contributed by atoms with van der Waals surface area (Å²) in [5, 5.41) is 12.1. The quantitative estimate of drug-likeness (QED) is 0.787. The molecule has 2 amide bonds. The van der Waals surface area contributed by atoms with Crippen LogP contribution in [0.2, 0.25) is 0 Å². The van der Waals surface area contributed by atoms with Crippen molar-refractivity contribution in [2.75, 3.05) is 32.9 Å². The molecule has 0 spiro atoms. The lowest BCUT2D eigenvalue weighted by atomic mass is 9.81. The lowest BCUT2D eigenvalue weighted by Gasteiger charge is -2.22. The van der Waals surface area contributed by atoms with Gasteiger partial charge in [-0.2, -0.15) is 13.2 Å². The molecule has 2 N–H and O–H groups in total. The SMILES string of the molecule is O=C(NCc1ccc(OCC(F)(F)F)nc1)N1C[C@@H]2COC[C@]2(C(=O)O)C1. The Morgan fingerprint density at radius 2 is 2.22 bits per heavy atom. The molecule has 0 radical (unpaired) electrons. The number of carboxylic acid groups (broad SMARTS) is 1. The smallest absolute Gasteiger partial charge is 0.422 e. The summed E-state index contributed by atoms with van der Waals surface area (Å²) in [5.41, 5.74) is -0.491. The van der Waals surface area contributed by atoms with Crippen LogP contribution < -0.4 is 10.1 Å². The van der Waals surface area contributed by atoms with Crippen LogP contribution in [0.25, 0.3) is 0 Å². The number of fused-ring (bicyclic) bond motifs is 1. The Kier molecular flexibility index (Phi) is 5.13. The van der Waals surface area contributed by atoms with Crippen molar-refractivity contribution in [2.24, 2.45) is 11.3 Å². The second-order valence-corrected chi connectivity index (χ2v) is 6.62. The summed E-state index contributed by atoms with van der Waals surface area (Å²) in [6.07, 6.45) is -3.14. The average Bonchev–Trinajstić information content (AvgIpc) is 3.16. The molecule has 1 aromatic rings. The van der Waals surface area contributed by atoms with Crippen LogP contribution in [-0.4, -0.2) is 66.1 Å². The van der Waals surface area contributed by atoms with E-state index >= 15 is 0 Å². The number of carbonyl (C=O) groups is 2. The predicted octanol–water partition coefficient (Wildman–Crippen LogP) is 1.27. The minimum atomic E-state index is -4.44. The minimum absolute atomic E-state index is 0.0707. The van der Waals surface area contributed by atoms with Crippen LogP contribution in [0.3, 0.4) is 0 Å². The maximum absolute atomic E-state index is 12.3. The van der Waals surface area contributed by atoms with Crippen molar-refractivity contribution in [3.05, 3.63) is 23.9 Å². The van der Waals surface area contributed by atoms with Gasteiger partial charge in [-0.05, 0) is 5.56 Å². The van der Waals surface area contributed by atoms with Gasteiger partial charge in [-0.3, -0.25) is 4.79 Å². The maximum Gasteiger partial charge on any atom is 0.422 e. The van der Waals surface area contributed by atoms with E-state index in [1.807, 2.05) is 0 Å². The fraction of sp³-hybridized carbons (Fsp3) is 0.562. The Hall–Kier alpha value is -2.56. The number of nitrogens with one attached hydrogen (secondary N) is 1. The summed E-state index contributed by atoms with van der Waals surface area (Å²) in [4.78, 5) is 29.1. The van der Waals surface area contributed by atoms with Crippen molar-refractivity contribution >= 4 is 12.0 Å². The Balaban J connectivity index is 1.50. The van der Waals surface area contributed by atoms with Gasteiger partial charge in [0, 0.05) is 37.8 Å². The molecule has 2 saturated heterocycles. The zero-order chi connectivity index (χ0) is 19.7. The van der Waals surface area contributed by atoms with Gasteiger partial charge in [-0.25, -0.2) is 9.78 Å². The van der Waals surface area contributed by atoms with Crippen molar-refractivity contribution in [1.29, 1.82) is 0 Å². The second kappa shape index (κ2) is 7.22. The minimum Gasteiger partial charge on any atom is -0.481 e. The van der Waals surface area contributed by atoms with E-state index in [2.05, 4.69) is 15.0 Å². The van der Waals surface area contributed by atoms with E-state index in [0.717, 1.165) is 0 Å². The fourth-order valence-electron chi connectivity index (χ4n) is 3.24. The number of aromatic nitrogens is 1. The van der Waals surface area contributed by atoms with Gasteiger partial charge >= 0.3 is 18.2 Å². The second-order valence-electron chi connectivity index (χ2n) is 6.62. The zero-order valence-electron chi connectivity index (χ0n) is 14.2. The number of pyridine rings is 1. The van der Waals surface area contributed by atoms with Crippen molar-refractivity contribution in [3.8, 4) is 5.88 Å². The van der Waals surface area contributed by atoms with Crippen LogP contribution in [0.15, 0.2) is 18.3 Å². The highest BCUT2D eigenvalue weighted by atomic mass is 19.4. The maximum atomic E-state index is 12.3. The number of hydrogen-bond donors (Lipinski definition) is 2. The molecular weight excluding hydrogens is 371 g/mol. The molecule has 0 bridgehead atoms.